The Balaban J connectivity index is 0.951. The third-order valence-electron chi connectivity index (χ3n) is 13.6. The minimum absolute atomic E-state index is 0.0544. The number of sulfonamides is 1. The highest BCUT2D eigenvalue weighted by Gasteiger charge is 2.61. The summed E-state index contributed by atoms with van der Waals surface area (Å²) in [4.78, 5) is 62.7. The number of ether oxygens (including phenoxy) is 3. The zero-order valence-electron chi connectivity index (χ0n) is 39.4. The number of thiocarbonyl (C=S) groups is 1. The fourth-order valence-electron chi connectivity index (χ4n) is 9.70. The number of benzene rings is 4. The third-order valence-corrected chi connectivity index (χ3v) is 15.7. The summed E-state index contributed by atoms with van der Waals surface area (Å²) in [6, 6.07) is 31.2. The van der Waals surface area contributed by atoms with Crippen LogP contribution in [0, 0.1) is 11.3 Å². The van der Waals surface area contributed by atoms with E-state index in [1.807, 2.05) is 112 Å². The Kier molecular flexibility index (Phi) is 13.2. The molecule has 2 heterocycles. The molecule has 17 heteroatoms. The van der Waals surface area contributed by atoms with E-state index < -0.39 is 74.1 Å². The number of pyridine rings is 1. The van der Waals surface area contributed by atoms with E-state index in [4.69, 9.17) is 31.4 Å². The zero-order chi connectivity index (χ0) is 49.5. The molecule has 9 rings (SSSR count). The zero-order valence-corrected chi connectivity index (χ0v) is 41.0. The summed E-state index contributed by atoms with van der Waals surface area (Å²) in [6.07, 6.45) is 1.15. The van der Waals surface area contributed by atoms with Crippen LogP contribution in [0.3, 0.4) is 0 Å². The fraction of sp³-hybridized carbons (Fsp3) is 0.358. The molecule has 0 spiro atoms. The largest absolute Gasteiger partial charge is 0.497 e. The number of hydrogen-bond donors (Lipinski definition) is 4. The molecular formula is C53H56N6O9S2. The molecule has 4 aromatic carbocycles. The van der Waals surface area contributed by atoms with Crippen molar-refractivity contribution in [2.24, 2.45) is 11.3 Å². The molecule has 0 bridgehead atoms. The lowest BCUT2D eigenvalue weighted by Gasteiger charge is -2.36. The molecule has 5 atom stereocenters. The van der Waals surface area contributed by atoms with Gasteiger partial charge < -0.3 is 29.7 Å². The maximum atomic E-state index is 15.1. The van der Waals surface area contributed by atoms with Crippen LogP contribution < -0.4 is 30.1 Å². The summed E-state index contributed by atoms with van der Waals surface area (Å²) in [6.45, 7) is 9.49. The molecule has 364 valence electrons. The Morgan fingerprint density at radius 1 is 0.943 bits per heavy atom. The maximum absolute atomic E-state index is 15.1. The van der Waals surface area contributed by atoms with Crippen molar-refractivity contribution in [3.05, 3.63) is 127 Å². The first-order valence-electron chi connectivity index (χ1n) is 23.4. The normalized spacial score (nSPS) is 20.9. The molecule has 2 saturated carbocycles. The quantitative estimate of drug-likeness (QED) is 0.0613. The molecule has 1 saturated heterocycles. The summed E-state index contributed by atoms with van der Waals surface area (Å²) in [5, 5.41) is 8.45. The van der Waals surface area contributed by atoms with Crippen LogP contribution in [-0.4, -0.2) is 96.5 Å². The van der Waals surface area contributed by atoms with Gasteiger partial charge in [0, 0.05) is 53.8 Å². The van der Waals surface area contributed by atoms with E-state index in [0.29, 0.717) is 40.9 Å². The van der Waals surface area contributed by atoms with Crippen molar-refractivity contribution in [2.75, 3.05) is 20.3 Å². The maximum Gasteiger partial charge on any atom is 0.413 e. The van der Waals surface area contributed by atoms with Gasteiger partial charge in [-0.15, -0.1) is 6.58 Å². The monoisotopic (exact) mass is 984 g/mol. The Morgan fingerprint density at radius 3 is 2.24 bits per heavy atom. The number of carbonyl (C=O) groups is 4. The van der Waals surface area contributed by atoms with Crippen LogP contribution in [0.5, 0.6) is 11.5 Å². The van der Waals surface area contributed by atoms with Crippen LogP contribution in [0.1, 0.15) is 69.9 Å². The van der Waals surface area contributed by atoms with E-state index in [2.05, 4.69) is 39.4 Å². The minimum atomic E-state index is -3.90. The molecule has 4 amide bonds. The van der Waals surface area contributed by atoms with Crippen molar-refractivity contribution in [3.63, 3.8) is 0 Å². The Hall–Kier alpha value is -6.85. The number of nitrogens with one attached hydrogen (secondary N) is 4. The third kappa shape index (κ3) is 9.95. The highest BCUT2D eigenvalue weighted by atomic mass is 32.2. The molecule has 0 radical (unpaired) electrons. The first kappa shape index (κ1) is 48.2. The molecule has 5 aromatic rings. The van der Waals surface area contributed by atoms with Gasteiger partial charge in [0.15, 0.2) is 5.11 Å². The van der Waals surface area contributed by atoms with Crippen LogP contribution >= 0.6 is 12.2 Å². The fourth-order valence-corrected chi connectivity index (χ4v) is 11.3. The van der Waals surface area contributed by atoms with Crippen molar-refractivity contribution in [1.29, 1.82) is 0 Å². The lowest BCUT2D eigenvalue weighted by atomic mass is 9.85. The van der Waals surface area contributed by atoms with E-state index in [1.54, 1.807) is 12.0 Å². The van der Waals surface area contributed by atoms with Crippen LogP contribution in [-0.2, 0) is 29.1 Å². The Labute approximate surface area is 412 Å². The van der Waals surface area contributed by atoms with Gasteiger partial charge in [-0.3, -0.25) is 24.4 Å². The lowest BCUT2D eigenvalue weighted by molar-refractivity contribution is -0.138. The molecule has 1 aromatic heterocycles. The number of alkyl carbamates (subject to hydrolysis) is 1. The van der Waals surface area contributed by atoms with Crippen molar-refractivity contribution in [1.82, 2.24) is 30.6 Å². The lowest BCUT2D eigenvalue weighted by Crippen LogP contribution is -2.58. The van der Waals surface area contributed by atoms with Gasteiger partial charge >= 0.3 is 6.09 Å². The average Bonchev–Trinajstić information content (AvgIpc) is 4.26. The summed E-state index contributed by atoms with van der Waals surface area (Å²) in [5.74, 6) is -1.36. The van der Waals surface area contributed by atoms with Gasteiger partial charge in [0.25, 0.3) is 5.91 Å². The summed E-state index contributed by atoms with van der Waals surface area (Å²) >= 11 is 5.65. The van der Waals surface area contributed by atoms with Crippen LogP contribution in [0.15, 0.2) is 116 Å². The number of fused-ring (bicyclic) bond motifs is 4. The van der Waals surface area contributed by atoms with E-state index in [-0.39, 0.29) is 43.4 Å². The second-order valence-electron chi connectivity index (χ2n) is 19.5. The molecular weight excluding hydrogens is 929 g/mol. The number of hydrogen-bond acceptors (Lipinski definition) is 11. The summed E-state index contributed by atoms with van der Waals surface area (Å²) in [7, 11) is -2.33. The number of likely N-dealkylation sites (tertiary alicyclic amines) is 1. The minimum Gasteiger partial charge on any atom is -0.497 e. The van der Waals surface area contributed by atoms with E-state index in [9.17, 15) is 22.8 Å². The first-order chi connectivity index (χ1) is 33.5. The van der Waals surface area contributed by atoms with E-state index in [1.165, 1.54) is 6.08 Å². The molecule has 3 aliphatic carbocycles. The molecule has 0 unspecified atom stereocenters. The number of nitrogens with zero attached hydrogens (tertiary/aromatic N) is 2. The summed E-state index contributed by atoms with van der Waals surface area (Å²) < 4.78 is 45.9. The number of carbonyl (C=O) groups excluding carboxylic acids is 4. The standard InChI is InChI=1S/C53H56N6O9S2/c1-6-32-28-53(32,49(62)58-70(64,65)36-21-22-36)57-46(60)25-33-24-35(68-45-27-43(31-14-8-7-9-15-31)54-44-26-34(66-5)20-23-41(44)45)29-59(33)48(61)47(52(2,3)4)55-50(69)56-51(63)67-30-42-39-18-12-10-16-37(39)38-17-11-13-19-40(38)42/h6-20,23,26-27,32-33,35-36,42,47H,1,21-22,24-25,28-30H2,2-5H3,(H,57,60)(H,58,62)(H2,55,56,63,69)/t32-,33+,35-,47-,53-/m1/s1. The van der Waals surface area contributed by atoms with Gasteiger partial charge in [0.1, 0.15) is 35.8 Å². The predicted octanol–water partition coefficient (Wildman–Crippen LogP) is 7.15. The Morgan fingerprint density at radius 2 is 1.61 bits per heavy atom. The first-order valence-corrected chi connectivity index (χ1v) is 25.4. The van der Waals surface area contributed by atoms with Gasteiger partial charge in [-0.25, -0.2) is 18.2 Å². The van der Waals surface area contributed by atoms with Gasteiger partial charge in [-0.05, 0) is 71.3 Å². The molecule has 15 nitrogen and oxygen atoms in total. The number of rotatable bonds is 15. The second kappa shape index (κ2) is 19.2. The number of methoxy groups -OCH3 is 1. The Bertz CT molecular complexity index is 2970. The van der Waals surface area contributed by atoms with Crippen LogP contribution in [0.25, 0.3) is 33.3 Å². The highest BCUT2D eigenvalue weighted by Crippen LogP contribution is 2.46. The molecule has 3 fully saturated rings. The van der Waals surface area contributed by atoms with Crippen LogP contribution in [0.2, 0.25) is 0 Å². The molecule has 70 heavy (non-hydrogen) atoms. The topological polar surface area (TPSA) is 194 Å². The molecule has 1 aliphatic heterocycles. The average molecular weight is 985 g/mol. The van der Waals surface area contributed by atoms with Crippen molar-refractivity contribution < 1.29 is 41.8 Å². The second-order valence-corrected chi connectivity index (χ2v) is 21.9. The summed E-state index contributed by atoms with van der Waals surface area (Å²) in [5.41, 5.74) is 4.12. The van der Waals surface area contributed by atoms with E-state index >= 15 is 4.79 Å². The van der Waals surface area contributed by atoms with Gasteiger partial charge in [0.2, 0.25) is 21.8 Å². The predicted molar refractivity (Wildman–Crippen MR) is 269 cm³/mol. The smallest absolute Gasteiger partial charge is 0.413 e. The van der Waals surface area contributed by atoms with Gasteiger partial charge in [-0.1, -0.05) is 106 Å². The number of amides is 4. The van der Waals surface area contributed by atoms with Gasteiger partial charge in [0.05, 0.1) is 30.1 Å². The van der Waals surface area contributed by atoms with Crippen molar-refractivity contribution in [2.45, 2.75) is 87.8 Å². The van der Waals surface area contributed by atoms with E-state index in [0.717, 1.165) is 27.8 Å². The van der Waals surface area contributed by atoms with Crippen molar-refractivity contribution in [3.8, 4) is 33.9 Å². The van der Waals surface area contributed by atoms with Gasteiger partial charge in [-0.2, -0.15) is 0 Å². The SMILES string of the molecule is C=C[C@@H]1C[C@]1(NC(=O)C[C@@H]1C[C@@H](Oc2cc(-c3ccccc3)nc3cc(OC)ccc23)CN1C(=O)[C@@H](NC(=S)NC(=O)OCC1c2ccccc2-c2ccccc21)C(C)(C)C)C(=O)NS(=O)(=O)C1CC1. The van der Waals surface area contributed by atoms with Crippen LogP contribution in [0.4, 0.5) is 4.79 Å². The highest BCUT2D eigenvalue weighted by molar-refractivity contribution is 7.91. The number of aromatic nitrogens is 1. The molecule has 4 N–H and O–H groups in total. The van der Waals surface area contributed by atoms with Crippen molar-refractivity contribution >= 4 is 62.1 Å². The molecule has 4 aliphatic rings.